The SMILES string of the molecule is CCCCCCNC(N)=NCCCCCC(=O)N1CCN(C(=O)CC(C)C)CC1.I. The molecule has 1 fully saturated rings. The monoisotopic (exact) mass is 537 g/mol. The number of unbranched alkanes of at least 4 members (excludes halogenated alkanes) is 5. The molecule has 0 aromatic carbocycles. The summed E-state index contributed by atoms with van der Waals surface area (Å²) in [5.74, 6) is 1.32. The van der Waals surface area contributed by atoms with E-state index in [-0.39, 0.29) is 35.8 Å². The van der Waals surface area contributed by atoms with E-state index in [4.69, 9.17) is 5.73 Å². The van der Waals surface area contributed by atoms with Gasteiger partial charge in [0.2, 0.25) is 11.8 Å². The van der Waals surface area contributed by atoms with Gasteiger partial charge in [-0.15, -0.1) is 24.0 Å². The summed E-state index contributed by atoms with van der Waals surface area (Å²) in [7, 11) is 0. The summed E-state index contributed by atoms with van der Waals surface area (Å²) in [4.78, 5) is 32.6. The van der Waals surface area contributed by atoms with Crippen LogP contribution < -0.4 is 11.1 Å². The van der Waals surface area contributed by atoms with Gasteiger partial charge in [0.25, 0.3) is 0 Å². The molecule has 1 saturated heterocycles. The van der Waals surface area contributed by atoms with E-state index in [1.807, 2.05) is 9.80 Å². The molecule has 1 heterocycles. The third kappa shape index (κ3) is 13.3. The van der Waals surface area contributed by atoms with Gasteiger partial charge in [-0.3, -0.25) is 14.6 Å². The van der Waals surface area contributed by atoms with Gasteiger partial charge in [0, 0.05) is 52.1 Å². The Morgan fingerprint density at radius 2 is 1.53 bits per heavy atom. The van der Waals surface area contributed by atoms with Crippen LogP contribution in [0.4, 0.5) is 0 Å². The van der Waals surface area contributed by atoms with E-state index in [2.05, 4.69) is 31.1 Å². The second kappa shape index (κ2) is 17.6. The highest BCUT2D eigenvalue weighted by Crippen LogP contribution is 2.10. The summed E-state index contributed by atoms with van der Waals surface area (Å²) in [5.41, 5.74) is 5.86. The van der Waals surface area contributed by atoms with Gasteiger partial charge in [-0.1, -0.05) is 46.5 Å². The summed E-state index contributed by atoms with van der Waals surface area (Å²) in [6.45, 7) is 10.6. The second-order valence-electron chi connectivity index (χ2n) is 8.42. The molecule has 0 aromatic heterocycles. The number of amides is 2. The molecule has 0 bridgehead atoms. The van der Waals surface area contributed by atoms with E-state index >= 15 is 0 Å². The first-order valence-corrected chi connectivity index (χ1v) is 11.5. The van der Waals surface area contributed by atoms with E-state index in [0.717, 1.165) is 32.2 Å². The second-order valence-corrected chi connectivity index (χ2v) is 8.42. The topological polar surface area (TPSA) is 91.0 Å². The third-order valence-electron chi connectivity index (χ3n) is 5.24. The van der Waals surface area contributed by atoms with Crippen molar-refractivity contribution in [2.45, 2.75) is 78.6 Å². The lowest BCUT2D eigenvalue weighted by molar-refractivity contribution is -0.140. The number of carbonyl (C=O) groups is 2. The fraction of sp³-hybridized carbons (Fsp3) is 0.864. The number of nitrogens with one attached hydrogen (secondary N) is 1. The average molecular weight is 538 g/mol. The summed E-state index contributed by atoms with van der Waals surface area (Å²) in [5, 5.41) is 3.15. The molecule has 8 heteroatoms. The lowest BCUT2D eigenvalue weighted by Gasteiger charge is -2.35. The molecule has 0 aliphatic carbocycles. The number of nitrogens with zero attached hydrogens (tertiary/aromatic N) is 3. The zero-order chi connectivity index (χ0) is 21.5. The maximum absolute atomic E-state index is 12.4. The highest BCUT2D eigenvalue weighted by atomic mass is 127. The Morgan fingerprint density at radius 1 is 0.933 bits per heavy atom. The number of aliphatic imine (C=N–C) groups is 1. The molecule has 2 amide bonds. The first-order chi connectivity index (χ1) is 13.9. The van der Waals surface area contributed by atoms with Crippen molar-refractivity contribution >= 4 is 41.8 Å². The van der Waals surface area contributed by atoms with E-state index in [1.54, 1.807) is 0 Å². The minimum Gasteiger partial charge on any atom is -0.370 e. The molecular weight excluding hydrogens is 493 g/mol. The Bertz CT molecular complexity index is 506. The quantitative estimate of drug-likeness (QED) is 0.163. The first kappa shape index (κ1) is 28.9. The molecule has 1 rings (SSSR count). The van der Waals surface area contributed by atoms with Gasteiger partial charge < -0.3 is 20.9 Å². The Balaban J connectivity index is 0.00000841. The van der Waals surface area contributed by atoms with E-state index in [1.165, 1.54) is 19.3 Å². The lowest BCUT2D eigenvalue weighted by atomic mass is 10.1. The Labute approximate surface area is 200 Å². The van der Waals surface area contributed by atoms with Gasteiger partial charge in [0.15, 0.2) is 5.96 Å². The smallest absolute Gasteiger partial charge is 0.222 e. The molecule has 0 unspecified atom stereocenters. The molecule has 1 aliphatic rings. The zero-order valence-corrected chi connectivity index (χ0v) is 21.7. The van der Waals surface area contributed by atoms with Crippen LogP contribution in [-0.4, -0.2) is 66.8 Å². The highest BCUT2D eigenvalue weighted by Gasteiger charge is 2.23. The lowest BCUT2D eigenvalue weighted by Crippen LogP contribution is -2.50. The number of rotatable bonds is 13. The van der Waals surface area contributed by atoms with Gasteiger partial charge in [-0.05, 0) is 25.2 Å². The average Bonchev–Trinajstić information content (AvgIpc) is 2.69. The van der Waals surface area contributed by atoms with Gasteiger partial charge in [-0.25, -0.2) is 0 Å². The van der Waals surface area contributed by atoms with Crippen molar-refractivity contribution in [3.63, 3.8) is 0 Å². The standard InChI is InChI=1S/C22H43N5O2.HI/c1-4-5-6-9-12-24-22(23)25-13-10-7-8-11-20(28)26-14-16-27(17-15-26)21(29)18-19(2)3;/h19H,4-18H2,1-3H3,(H3,23,24,25);1H. The van der Waals surface area contributed by atoms with E-state index < -0.39 is 0 Å². The number of guanidine groups is 1. The van der Waals surface area contributed by atoms with Crippen LogP contribution >= 0.6 is 24.0 Å². The normalized spacial score (nSPS) is 14.6. The van der Waals surface area contributed by atoms with Gasteiger partial charge in [-0.2, -0.15) is 0 Å². The van der Waals surface area contributed by atoms with Gasteiger partial charge in [0.05, 0.1) is 0 Å². The zero-order valence-electron chi connectivity index (χ0n) is 19.3. The summed E-state index contributed by atoms with van der Waals surface area (Å²) >= 11 is 0. The summed E-state index contributed by atoms with van der Waals surface area (Å²) < 4.78 is 0. The number of hydrogen-bond donors (Lipinski definition) is 2. The largest absolute Gasteiger partial charge is 0.370 e. The van der Waals surface area contributed by atoms with E-state index in [9.17, 15) is 9.59 Å². The van der Waals surface area contributed by atoms with Crippen LogP contribution in [0.2, 0.25) is 0 Å². The summed E-state index contributed by atoms with van der Waals surface area (Å²) in [6.07, 6.45) is 8.84. The van der Waals surface area contributed by atoms with Crippen molar-refractivity contribution in [2.75, 3.05) is 39.3 Å². The maximum atomic E-state index is 12.4. The molecular formula is C22H44IN5O2. The fourth-order valence-electron chi connectivity index (χ4n) is 3.43. The minimum absolute atomic E-state index is 0. The molecule has 0 aromatic rings. The predicted molar refractivity (Wildman–Crippen MR) is 135 cm³/mol. The first-order valence-electron chi connectivity index (χ1n) is 11.5. The number of carbonyl (C=O) groups excluding carboxylic acids is 2. The van der Waals surface area contributed by atoms with E-state index in [0.29, 0.717) is 57.4 Å². The van der Waals surface area contributed by atoms with Crippen molar-refractivity contribution in [3.8, 4) is 0 Å². The Morgan fingerprint density at radius 3 is 2.13 bits per heavy atom. The van der Waals surface area contributed by atoms with Crippen LogP contribution in [0.3, 0.4) is 0 Å². The van der Waals surface area contributed by atoms with Crippen LogP contribution in [0.5, 0.6) is 0 Å². The highest BCUT2D eigenvalue weighted by molar-refractivity contribution is 14.0. The van der Waals surface area contributed by atoms with Gasteiger partial charge in [0.1, 0.15) is 0 Å². The predicted octanol–water partition coefficient (Wildman–Crippen LogP) is 3.37. The van der Waals surface area contributed by atoms with Crippen LogP contribution in [0.1, 0.15) is 78.6 Å². The van der Waals surface area contributed by atoms with Crippen LogP contribution in [0, 0.1) is 5.92 Å². The molecule has 0 radical (unpaired) electrons. The Kier molecular flexibility index (Phi) is 17.0. The van der Waals surface area contributed by atoms with Crippen molar-refractivity contribution in [3.05, 3.63) is 0 Å². The van der Waals surface area contributed by atoms with Crippen molar-refractivity contribution in [1.29, 1.82) is 0 Å². The number of nitrogens with two attached hydrogens (primary N) is 1. The van der Waals surface area contributed by atoms with Crippen molar-refractivity contribution in [2.24, 2.45) is 16.6 Å². The molecule has 0 spiro atoms. The third-order valence-corrected chi connectivity index (χ3v) is 5.24. The minimum atomic E-state index is 0. The number of hydrogen-bond acceptors (Lipinski definition) is 3. The molecule has 1 aliphatic heterocycles. The molecule has 0 atom stereocenters. The van der Waals surface area contributed by atoms with Crippen molar-refractivity contribution in [1.82, 2.24) is 15.1 Å². The van der Waals surface area contributed by atoms with Crippen molar-refractivity contribution < 1.29 is 9.59 Å². The van der Waals surface area contributed by atoms with Crippen LogP contribution in [-0.2, 0) is 9.59 Å². The fourth-order valence-corrected chi connectivity index (χ4v) is 3.43. The molecule has 30 heavy (non-hydrogen) atoms. The summed E-state index contributed by atoms with van der Waals surface area (Å²) in [6, 6.07) is 0. The number of halogens is 1. The molecule has 0 saturated carbocycles. The Hall–Kier alpha value is -1.06. The molecule has 3 N–H and O–H groups in total. The van der Waals surface area contributed by atoms with Crippen LogP contribution in [0.15, 0.2) is 4.99 Å². The molecule has 176 valence electrons. The van der Waals surface area contributed by atoms with Gasteiger partial charge >= 0.3 is 0 Å². The van der Waals surface area contributed by atoms with Crippen LogP contribution in [0.25, 0.3) is 0 Å². The maximum Gasteiger partial charge on any atom is 0.222 e. The molecule has 7 nitrogen and oxygen atoms in total. The number of piperazine rings is 1.